The third kappa shape index (κ3) is 6.61. The summed E-state index contributed by atoms with van der Waals surface area (Å²) in [7, 11) is -0.0367. The first kappa shape index (κ1) is 11.2. The highest BCUT2D eigenvalue weighted by atomic mass is 28.3. The van der Waals surface area contributed by atoms with Gasteiger partial charge in [-0.3, -0.25) is 0 Å². The van der Waals surface area contributed by atoms with Crippen molar-refractivity contribution in [3.05, 3.63) is 0 Å². The fourth-order valence-electron chi connectivity index (χ4n) is 2.13. The molecule has 67 valence electrons. The zero-order chi connectivity index (χ0) is 9.07. The molecule has 0 aliphatic rings. The summed E-state index contributed by atoms with van der Waals surface area (Å²) >= 11 is 0. The molecule has 0 bridgehead atoms. The zero-order valence-corrected chi connectivity index (χ0v) is 9.99. The van der Waals surface area contributed by atoms with Gasteiger partial charge in [0.05, 0.1) is 0 Å². The Kier molecular flexibility index (Phi) is 4.38. The van der Waals surface area contributed by atoms with Crippen molar-refractivity contribution in [2.45, 2.75) is 53.3 Å². The Labute approximate surface area is 74.0 Å². The van der Waals surface area contributed by atoms with E-state index in [9.17, 15) is 0 Å². The van der Waals surface area contributed by atoms with E-state index < -0.39 is 0 Å². The standard InChI is InChI=1S/C10H23Si/c1-9(2)7-10(3,4)8-11(5)6/h9H,7-8H2,1-6H3. The summed E-state index contributed by atoms with van der Waals surface area (Å²) in [5.41, 5.74) is 0.589. The van der Waals surface area contributed by atoms with Crippen molar-refractivity contribution in [2.75, 3.05) is 0 Å². The molecule has 0 fully saturated rings. The van der Waals surface area contributed by atoms with Gasteiger partial charge in [0.1, 0.15) is 0 Å². The Morgan fingerprint density at radius 1 is 1.18 bits per heavy atom. The van der Waals surface area contributed by atoms with Gasteiger partial charge in [0.2, 0.25) is 0 Å². The first-order valence-corrected chi connectivity index (χ1v) is 7.33. The van der Waals surface area contributed by atoms with E-state index in [0.29, 0.717) is 5.41 Å². The van der Waals surface area contributed by atoms with E-state index in [4.69, 9.17) is 0 Å². The fraction of sp³-hybridized carbons (Fsp3) is 1.00. The minimum atomic E-state index is -0.0367. The van der Waals surface area contributed by atoms with Crippen molar-refractivity contribution in [1.29, 1.82) is 0 Å². The van der Waals surface area contributed by atoms with Crippen LogP contribution in [0.4, 0.5) is 0 Å². The van der Waals surface area contributed by atoms with Crippen LogP contribution in [0.15, 0.2) is 0 Å². The molecule has 1 heteroatoms. The summed E-state index contributed by atoms with van der Waals surface area (Å²) in [6, 6.07) is 1.45. The van der Waals surface area contributed by atoms with E-state index in [0.717, 1.165) is 5.92 Å². The van der Waals surface area contributed by atoms with Crippen molar-refractivity contribution in [1.82, 2.24) is 0 Å². The third-order valence-electron chi connectivity index (χ3n) is 1.79. The second-order valence-corrected chi connectivity index (χ2v) is 7.91. The molecule has 0 aliphatic heterocycles. The van der Waals surface area contributed by atoms with E-state index in [1.54, 1.807) is 0 Å². The smallest absolute Gasteiger partial charge is 0.0418 e. The zero-order valence-electron chi connectivity index (χ0n) is 8.99. The maximum absolute atomic E-state index is 2.41. The summed E-state index contributed by atoms with van der Waals surface area (Å²) in [5, 5.41) is 0. The van der Waals surface area contributed by atoms with Crippen LogP contribution in [0.2, 0.25) is 19.1 Å². The first-order chi connectivity index (χ1) is 4.83. The molecule has 0 amide bonds. The Morgan fingerprint density at radius 3 is 1.91 bits per heavy atom. The van der Waals surface area contributed by atoms with E-state index in [1.807, 2.05) is 0 Å². The summed E-state index contributed by atoms with van der Waals surface area (Å²) < 4.78 is 0. The second-order valence-electron chi connectivity index (χ2n) is 5.15. The van der Waals surface area contributed by atoms with Gasteiger partial charge < -0.3 is 0 Å². The average molecular weight is 171 g/mol. The average Bonchev–Trinajstić information content (AvgIpc) is 1.53. The van der Waals surface area contributed by atoms with Gasteiger partial charge >= 0.3 is 0 Å². The maximum atomic E-state index is 2.41. The van der Waals surface area contributed by atoms with Gasteiger partial charge in [-0.1, -0.05) is 46.8 Å². The summed E-state index contributed by atoms with van der Waals surface area (Å²) in [4.78, 5) is 0. The molecule has 0 atom stereocenters. The van der Waals surface area contributed by atoms with E-state index in [-0.39, 0.29) is 8.80 Å². The lowest BCUT2D eigenvalue weighted by Gasteiger charge is -2.28. The van der Waals surface area contributed by atoms with Crippen molar-refractivity contribution in [2.24, 2.45) is 11.3 Å². The van der Waals surface area contributed by atoms with Gasteiger partial charge in [-0.2, -0.15) is 0 Å². The number of hydrogen-bond acceptors (Lipinski definition) is 0. The predicted molar refractivity (Wildman–Crippen MR) is 55.5 cm³/mol. The van der Waals surface area contributed by atoms with Crippen LogP contribution in [0.3, 0.4) is 0 Å². The van der Waals surface area contributed by atoms with Gasteiger partial charge in [0.25, 0.3) is 0 Å². The van der Waals surface area contributed by atoms with Crippen molar-refractivity contribution in [3.63, 3.8) is 0 Å². The highest BCUT2D eigenvalue weighted by Crippen LogP contribution is 2.30. The normalized spacial score (nSPS) is 13.1. The van der Waals surface area contributed by atoms with Gasteiger partial charge in [-0.15, -0.1) is 0 Å². The third-order valence-corrected chi connectivity index (χ3v) is 3.46. The van der Waals surface area contributed by atoms with Crippen LogP contribution in [0.5, 0.6) is 0 Å². The summed E-state index contributed by atoms with van der Waals surface area (Å²) in [5.74, 6) is 0.853. The number of rotatable bonds is 4. The van der Waals surface area contributed by atoms with Crippen molar-refractivity contribution >= 4 is 8.80 Å². The van der Waals surface area contributed by atoms with Crippen LogP contribution in [0.25, 0.3) is 0 Å². The van der Waals surface area contributed by atoms with Crippen LogP contribution in [-0.2, 0) is 0 Å². The van der Waals surface area contributed by atoms with Gasteiger partial charge in [-0.25, -0.2) is 0 Å². The molecular weight excluding hydrogens is 148 g/mol. The molecule has 0 rings (SSSR count). The summed E-state index contributed by atoms with van der Waals surface area (Å²) in [6.07, 6.45) is 1.38. The molecule has 0 nitrogen and oxygen atoms in total. The van der Waals surface area contributed by atoms with Gasteiger partial charge in [0.15, 0.2) is 0 Å². The SMILES string of the molecule is CC(C)CC(C)(C)C[Si](C)C. The van der Waals surface area contributed by atoms with Gasteiger partial charge in [-0.05, 0) is 17.8 Å². The lowest BCUT2D eigenvalue weighted by Crippen LogP contribution is -2.20. The van der Waals surface area contributed by atoms with Crippen LogP contribution in [0.1, 0.15) is 34.1 Å². The van der Waals surface area contributed by atoms with Crippen molar-refractivity contribution < 1.29 is 0 Å². The van der Waals surface area contributed by atoms with E-state index in [2.05, 4.69) is 40.8 Å². The van der Waals surface area contributed by atoms with Crippen LogP contribution < -0.4 is 0 Å². The Bertz CT molecular complexity index is 91.4. The first-order valence-electron chi connectivity index (χ1n) is 4.62. The molecule has 0 unspecified atom stereocenters. The van der Waals surface area contributed by atoms with E-state index >= 15 is 0 Å². The maximum Gasteiger partial charge on any atom is 0.0418 e. The molecular formula is C10H23Si. The molecule has 0 aromatic carbocycles. The highest BCUT2D eigenvalue weighted by molar-refractivity contribution is 6.55. The lowest BCUT2D eigenvalue weighted by atomic mass is 9.86. The van der Waals surface area contributed by atoms with Gasteiger partial charge in [0, 0.05) is 8.80 Å². The minimum absolute atomic E-state index is 0.0367. The topological polar surface area (TPSA) is 0 Å². The Morgan fingerprint density at radius 2 is 1.64 bits per heavy atom. The van der Waals surface area contributed by atoms with E-state index in [1.165, 1.54) is 12.5 Å². The monoisotopic (exact) mass is 171 g/mol. The Balaban J connectivity index is 3.79. The second kappa shape index (κ2) is 4.29. The summed E-state index contributed by atoms with van der Waals surface area (Å²) in [6.45, 7) is 14.3. The molecule has 11 heavy (non-hydrogen) atoms. The largest absolute Gasteiger partial charge is 0.0713 e. The molecule has 0 aromatic heterocycles. The molecule has 1 radical (unpaired) electrons. The molecule has 0 aromatic rings. The van der Waals surface area contributed by atoms with Crippen molar-refractivity contribution in [3.8, 4) is 0 Å². The molecule has 0 spiro atoms. The number of hydrogen-bond donors (Lipinski definition) is 0. The van der Waals surface area contributed by atoms with Crippen LogP contribution in [-0.4, -0.2) is 8.80 Å². The highest BCUT2D eigenvalue weighted by Gasteiger charge is 2.20. The molecule has 0 saturated heterocycles. The fourth-order valence-corrected chi connectivity index (χ4v) is 4.19. The minimum Gasteiger partial charge on any atom is -0.0713 e. The van der Waals surface area contributed by atoms with Crippen LogP contribution >= 0.6 is 0 Å². The quantitative estimate of drug-likeness (QED) is 0.564. The van der Waals surface area contributed by atoms with Crippen LogP contribution in [0, 0.1) is 11.3 Å². The molecule has 0 saturated carbocycles. The molecule has 0 heterocycles. The molecule has 0 aliphatic carbocycles. The Hall–Kier alpha value is 0.217. The predicted octanol–water partition coefficient (Wildman–Crippen LogP) is 3.81. The lowest BCUT2D eigenvalue weighted by molar-refractivity contribution is 0.318. The molecule has 0 N–H and O–H groups in total.